The number of amides is 1. The predicted octanol–water partition coefficient (Wildman–Crippen LogP) is 2.19. The molecule has 1 aliphatic heterocycles. The predicted molar refractivity (Wildman–Crippen MR) is 80.3 cm³/mol. The van der Waals surface area contributed by atoms with Crippen LogP contribution in [0, 0.1) is 5.82 Å². The van der Waals surface area contributed by atoms with Gasteiger partial charge in [0.1, 0.15) is 5.82 Å². The van der Waals surface area contributed by atoms with Crippen LogP contribution < -0.4 is 5.32 Å². The number of rotatable bonds is 3. The summed E-state index contributed by atoms with van der Waals surface area (Å²) >= 11 is 5.85. The van der Waals surface area contributed by atoms with Crippen LogP contribution in [0.3, 0.4) is 0 Å². The van der Waals surface area contributed by atoms with Crippen molar-refractivity contribution in [2.45, 2.75) is 18.9 Å². The molecule has 0 saturated carbocycles. The van der Waals surface area contributed by atoms with Gasteiger partial charge in [-0.2, -0.15) is 0 Å². The zero-order chi connectivity index (χ0) is 15.7. The number of hydrogen-bond acceptors (Lipinski definition) is 3. The first-order chi connectivity index (χ1) is 9.71. The van der Waals surface area contributed by atoms with Gasteiger partial charge in [-0.25, -0.2) is 12.8 Å². The Morgan fingerprint density at radius 2 is 2.19 bits per heavy atom. The molecular weight excluding hydrogens is 317 g/mol. The van der Waals surface area contributed by atoms with Crippen LogP contribution >= 0.6 is 11.6 Å². The average Bonchev–Trinajstić information content (AvgIpc) is 2.62. The fourth-order valence-corrected chi connectivity index (χ4v) is 4.60. The van der Waals surface area contributed by atoms with Crippen molar-refractivity contribution in [3.05, 3.63) is 40.7 Å². The Morgan fingerprint density at radius 1 is 1.48 bits per heavy atom. The molecule has 0 aliphatic carbocycles. The van der Waals surface area contributed by atoms with Crippen molar-refractivity contribution in [3.8, 4) is 0 Å². The Hall–Kier alpha value is -1.40. The summed E-state index contributed by atoms with van der Waals surface area (Å²) in [5, 5.41) is 2.85. The minimum absolute atomic E-state index is 0.0621. The lowest BCUT2D eigenvalue weighted by molar-refractivity contribution is -0.117. The molecule has 1 aromatic rings. The lowest BCUT2D eigenvalue weighted by atomic mass is 10.0. The number of hydrogen-bond donors (Lipinski definition) is 1. The Kier molecular flexibility index (Phi) is 4.39. The maximum atomic E-state index is 13.5. The molecule has 0 aromatic heterocycles. The van der Waals surface area contributed by atoms with Gasteiger partial charge in [0.15, 0.2) is 9.84 Å². The van der Waals surface area contributed by atoms with Crippen LogP contribution in [0.1, 0.15) is 18.9 Å². The molecule has 1 aromatic carbocycles. The summed E-state index contributed by atoms with van der Waals surface area (Å²) in [5.74, 6) is -1.03. The molecule has 1 amide bonds. The van der Waals surface area contributed by atoms with Crippen molar-refractivity contribution in [2.24, 2.45) is 0 Å². The smallest absolute Gasteiger partial charge is 0.244 e. The van der Waals surface area contributed by atoms with Crippen LogP contribution in [0.25, 0.3) is 6.08 Å². The highest BCUT2D eigenvalue weighted by Crippen LogP contribution is 2.23. The quantitative estimate of drug-likeness (QED) is 0.863. The van der Waals surface area contributed by atoms with Crippen molar-refractivity contribution in [3.63, 3.8) is 0 Å². The lowest BCUT2D eigenvalue weighted by Crippen LogP contribution is -2.46. The standard InChI is InChI=1S/C14H15ClFNO3S/c1-14(7-8-21(19,20)9-14)17-13(18)6-5-10-11(15)3-2-4-12(10)16/h2-6H,7-9H2,1H3,(H,17,18)/b6-5+. The molecule has 1 fully saturated rings. The van der Waals surface area contributed by atoms with E-state index in [1.165, 1.54) is 24.3 Å². The van der Waals surface area contributed by atoms with Gasteiger partial charge in [-0.3, -0.25) is 4.79 Å². The maximum absolute atomic E-state index is 13.5. The lowest BCUT2D eigenvalue weighted by Gasteiger charge is -2.22. The van der Waals surface area contributed by atoms with Crippen molar-refractivity contribution in [2.75, 3.05) is 11.5 Å². The van der Waals surface area contributed by atoms with Crippen LogP contribution in [-0.4, -0.2) is 31.4 Å². The van der Waals surface area contributed by atoms with Gasteiger partial charge in [0.05, 0.1) is 22.1 Å². The normalized spacial score (nSPS) is 24.3. The monoisotopic (exact) mass is 331 g/mol. The summed E-state index contributed by atoms with van der Waals surface area (Å²) in [6.45, 7) is 1.68. The number of carbonyl (C=O) groups excluding carboxylic acids is 1. The summed E-state index contributed by atoms with van der Waals surface area (Å²) in [6, 6.07) is 4.24. The van der Waals surface area contributed by atoms with E-state index in [9.17, 15) is 17.6 Å². The zero-order valence-corrected chi connectivity index (χ0v) is 13.0. The van der Waals surface area contributed by atoms with E-state index < -0.39 is 27.1 Å². The Bertz CT molecular complexity index is 682. The van der Waals surface area contributed by atoms with Crippen molar-refractivity contribution in [1.29, 1.82) is 0 Å². The van der Waals surface area contributed by atoms with E-state index in [1.54, 1.807) is 6.92 Å². The third kappa shape index (κ3) is 4.04. The molecule has 1 atom stereocenters. The molecule has 21 heavy (non-hydrogen) atoms. The molecule has 1 aliphatic rings. The van der Waals surface area contributed by atoms with E-state index in [2.05, 4.69) is 5.32 Å². The van der Waals surface area contributed by atoms with E-state index in [4.69, 9.17) is 11.6 Å². The first-order valence-corrected chi connectivity index (χ1v) is 8.55. The Labute approximate surface area is 127 Å². The topological polar surface area (TPSA) is 63.2 Å². The molecule has 2 rings (SSSR count). The van der Waals surface area contributed by atoms with Crippen molar-refractivity contribution in [1.82, 2.24) is 5.32 Å². The molecular formula is C14H15ClFNO3S. The second-order valence-corrected chi connectivity index (χ2v) is 7.95. The molecule has 1 N–H and O–H groups in total. The summed E-state index contributed by atoms with van der Waals surface area (Å²) in [7, 11) is -3.10. The van der Waals surface area contributed by atoms with Gasteiger partial charge in [0, 0.05) is 11.6 Å². The van der Waals surface area contributed by atoms with Gasteiger partial charge >= 0.3 is 0 Å². The summed E-state index contributed by atoms with van der Waals surface area (Å²) in [4.78, 5) is 11.9. The summed E-state index contributed by atoms with van der Waals surface area (Å²) in [5.41, 5.74) is -0.655. The first kappa shape index (κ1) is 16.0. The molecule has 1 heterocycles. The highest BCUT2D eigenvalue weighted by molar-refractivity contribution is 7.91. The fourth-order valence-electron chi connectivity index (χ4n) is 2.28. The summed E-state index contributed by atoms with van der Waals surface area (Å²) in [6.07, 6.45) is 2.80. The second kappa shape index (κ2) is 5.77. The second-order valence-electron chi connectivity index (χ2n) is 5.36. The third-order valence-corrected chi connectivity index (χ3v) is 5.56. The Balaban J connectivity index is 2.07. The molecule has 1 saturated heterocycles. The largest absolute Gasteiger partial charge is 0.346 e. The zero-order valence-electron chi connectivity index (χ0n) is 11.4. The van der Waals surface area contributed by atoms with Crippen molar-refractivity contribution < 1.29 is 17.6 Å². The third-order valence-electron chi connectivity index (χ3n) is 3.33. The molecule has 4 nitrogen and oxygen atoms in total. The van der Waals surface area contributed by atoms with Crippen LogP contribution in [0.4, 0.5) is 4.39 Å². The van der Waals surface area contributed by atoms with Crippen molar-refractivity contribution >= 4 is 33.4 Å². The maximum Gasteiger partial charge on any atom is 0.244 e. The van der Waals surface area contributed by atoms with Crippen LogP contribution in [0.5, 0.6) is 0 Å². The van der Waals surface area contributed by atoms with Gasteiger partial charge in [0.25, 0.3) is 0 Å². The molecule has 0 spiro atoms. The summed E-state index contributed by atoms with van der Waals surface area (Å²) < 4.78 is 36.5. The number of carbonyl (C=O) groups is 1. The van der Waals surface area contributed by atoms with Crippen LogP contribution in [0.15, 0.2) is 24.3 Å². The number of benzene rings is 1. The minimum Gasteiger partial charge on any atom is -0.346 e. The number of nitrogens with one attached hydrogen (secondary N) is 1. The highest BCUT2D eigenvalue weighted by atomic mass is 35.5. The van der Waals surface area contributed by atoms with E-state index in [0.29, 0.717) is 6.42 Å². The van der Waals surface area contributed by atoms with Gasteiger partial charge in [-0.15, -0.1) is 0 Å². The average molecular weight is 332 g/mol. The SMILES string of the molecule is CC1(NC(=O)/C=C/c2c(F)cccc2Cl)CCS(=O)(=O)C1. The Morgan fingerprint density at radius 3 is 2.76 bits per heavy atom. The van der Waals surface area contributed by atoms with Gasteiger partial charge in [0.2, 0.25) is 5.91 Å². The fraction of sp³-hybridized carbons (Fsp3) is 0.357. The van der Waals surface area contributed by atoms with Crippen LogP contribution in [-0.2, 0) is 14.6 Å². The first-order valence-electron chi connectivity index (χ1n) is 6.35. The van der Waals surface area contributed by atoms with E-state index in [1.807, 2.05) is 0 Å². The van der Waals surface area contributed by atoms with E-state index in [0.717, 1.165) is 6.08 Å². The van der Waals surface area contributed by atoms with Gasteiger partial charge in [-0.1, -0.05) is 17.7 Å². The van der Waals surface area contributed by atoms with E-state index in [-0.39, 0.29) is 22.1 Å². The van der Waals surface area contributed by atoms with Gasteiger partial charge in [-0.05, 0) is 31.6 Å². The molecule has 0 radical (unpaired) electrons. The van der Waals surface area contributed by atoms with Crippen LogP contribution in [0.2, 0.25) is 5.02 Å². The number of sulfone groups is 1. The molecule has 7 heteroatoms. The molecule has 114 valence electrons. The van der Waals surface area contributed by atoms with E-state index >= 15 is 0 Å². The van der Waals surface area contributed by atoms with Gasteiger partial charge < -0.3 is 5.32 Å². The highest BCUT2D eigenvalue weighted by Gasteiger charge is 2.39. The molecule has 0 bridgehead atoms. The minimum atomic E-state index is -3.10. The molecule has 1 unspecified atom stereocenters. The number of halogens is 2.